The number of methoxy groups -OCH3 is 1. The fourth-order valence-electron chi connectivity index (χ4n) is 2.19. The Hall–Kier alpha value is -2.62. The average molecular weight is 283 g/mol. The highest BCUT2D eigenvalue weighted by Gasteiger charge is 2.18. The highest BCUT2D eigenvalue weighted by atomic mass is 16.5. The molecule has 108 valence electrons. The van der Waals surface area contributed by atoms with Crippen molar-refractivity contribution in [2.75, 3.05) is 12.4 Å². The number of anilines is 1. The molecule has 2 aromatic carbocycles. The Kier molecular flexibility index (Phi) is 4.38. The van der Waals surface area contributed by atoms with Crippen LogP contribution < -0.4 is 10.1 Å². The van der Waals surface area contributed by atoms with Crippen molar-refractivity contribution in [3.05, 3.63) is 59.2 Å². The maximum absolute atomic E-state index is 12.6. The Bertz CT molecular complexity index is 678. The van der Waals surface area contributed by atoms with Crippen molar-refractivity contribution in [2.45, 2.75) is 13.8 Å². The Morgan fingerprint density at radius 1 is 1.10 bits per heavy atom. The van der Waals surface area contributed by atoms with Gasteiger partial charge in [-0.25, -0.2) is 0 Å². The van der Waals surface area contributed by atoms with E-state index in [1.54, 1.807) is 24.3 Å². The molecule has 0 aliphatic carbocycles. The molecule has 21 heavy (non-hydrogen) atoms. The SMILES string of the molecule is COc1c(NC(C)=O)cc(C)cc1C(=O)c1ccccc1. The third-order valence-corrected chi connectivity index (χ3v) is 3.03. The number of rotatable bonds is 4. The maximum Gasteiger partial charge on any atom is 0.221 e. The minimum atomic E-state index is -0.211. The molecule has 0 radical (unpaired) electrons. The lowest BCUT2D eigenvalue weighted by Gasteiger charge is -2.14. The molecule has 1 N–H and O–H groups in total. The van der Waals surface area contributed by atoms with Crippen LogP contribution in [0.2, 0.25) is 0 Å². The van der Waals surface area contributed by atoms with E-state index in [1.165, 1.54) is 14.0 Å². The first-order valence-electron chi connectivity index (χ1n) is 6.59. The van der Waals surface area contributed by atoms with E-state index in [2.05, 4.69) is 5.32 Å². The van der Waals surface area contributed by atoms with Gasteiger partial charge in [0.05, 0.1) is 18.4 Å². The Labute approximate surface area is 123 Å². The maximum atomic E-state index is 12.6. The standard InChI is InChI=1S/C17H17NO3/c1-11-9-14(16(20)13-7-5-4-6-8-13)17(21-3)15(10-11)18-12(2)19/h4-10H,1-3H3,(H,18,19). The average Bonchev–Trinajstić information content (AvgIpc) is 2.46. The first kappa shape index (κ1) is 14.8. The van der Waals surface area contributed by atoms with E-state index < -0.39 is 0 Å². The fourth-order valence-corrected chi connectivity index (χ4v) is 2.19. The third kappa shape index (κ3) is 3.28. The minimum Gasteiger partial charge on any atom is -0.494 e. The Morgan fingerprint density at radius 2 is 1.76 bits per heavy atom. The summed E-state index contributed by atoms with van der Waals surface area (Å²) < 4.78 is 5.34. The lowest BCUT2D eigenvalue weighted by atomic mass is 9.99. The van der Waals surface area contributed by atoms with Gasteiger partial charge in [-0.05, 0) is 24.6 Å². The molecule has 0 heterocycles. The van der Waals surface area contributed by atoms with Crippen LogP contribution in [-0.4, -0.2) is 18.8 Å². The van der Waals surface area contributed by atoms with Crippen molar-refractivity contribution in [1.29, 1.82) is 0 Å². The Balaban J connectivity index is 2.55. The molecule has 2 rings (SSSR count). The molecule has 0 aliphatic heterocycles. The predicted octanol–water partition coefficient (Wildman–Crippen LogP) is 3.19. The van der Waals surface area contributed by atoms with Gasteiger partial charge in [-0.2, -0.15) is 0 Å². The lowest BCUT2D eigenvalue weighted by Crippen LogP contribution is -2.11. The monoisotopic (exact) mass is 283 g/mol. The van der Waals surface area contributed by atoms with Gasteiger partial charge >= 0.3 is 0 Å². The quantitative estimate of drug-likeness (QED) is 0.877. The topological polar surface area (TPSA) is 55.4 Å². The van der Waals surface area contributed by atoms with Gasteiger partial charge in [0.25, 0.3) is 0 Å². The van der Waals surface area contributed by atoms with E-state index in [9.17, 15) is 9.59 Å². The van der Waals surface area contributed by atoms with E-state index in [1.807, 2.05) is 25.1 Å². The zero-order valence-electron chi connectivity index (χ0n) is 12.3. The van der Waals surface area contributed by atoms with Gasteiger partial charge in [0, 0.05) is 12.5 Å². The van der Waals surface area contributed by atoms with Crippen molar-refractivity contribution in [3.8, 4) is 5.75 Å². The number of benzene rings is 2. The van der Waals surface area contributed by atoms with Crippen LogP contribution in [0.5, 0.6) is 5.75 Å². The lowest BCUT2D eigenvalue weighted by molar-refractivity contribution is -0.114. The second-order valence-corrected chi connectivity index (χ2v) is 4.77. The van der Waals surface area contributed by atoms with Crippen molar-refractivity contribution < 1.29 is 14.3 Å². The number of carbonyl (C=O) groups is 2. The minimum absolute atomic E-state index is 0.136. The summed E-state index contributed by atoms with van der Waals surface area (Å²) in [6.07, 6.45) is 0. The largest absolute Gasteiger partial charge is 0.494 e. The molecule has 0 fully saturated rings. The molecule has 2 aromatic rings. The number of aryl methyl sites for hydroxylation is 1. The number of carbonyl (C=O) groups excluding carboxylic acids is 2. The van der Waals surface area contributed by atoms with Crippen LogP contribution in [0.25, 0.3) is 0 Å². The molecule has 4 nitrogen and oxygen atoms in total. The zero-order valence-corrected chi connectivity index (χ0v) is 12.3. The molecule has 0 aliphatic rings. The second-order valence-electron chi connectivity index (χ2n) is 4.77. The summed E-state index contributed by atoms with van der Waals surface area (Å²) in [6, 6.07) is 12.5. The van der Waals surface area contributed by atoms with E-state index >= 15 is 0 Å². The molecular formula is C17H17NO3. The number of ether oxygens (including phenoxy) is 1. The summed E-state index contributed by atoms with van der Waals surface area (Å²) in [6.45, 7) is 3.28. The predicted molar refractivity (Wildman–Crippen MR) is 81.9 cm³/mol. The number of hydrogen-bond acceptors (Lipinski definition) is 3. The molecule has 0 unspecified atom stereocenters. The van der Waals surface area contributed by atoms with Crippen LogP contribution in [0.1, 0.15) is 28.4 Å². The molecule has 0 saturated carbocycles. The summed E-state index contributed by atoms with van der Waals surface area (Å²) in [5, 5.41) is 2.70. The van der Waals surface area contributed by atoms with Gasteiger partial charge in [-0.15, -0.1) is 0 Å². The number of amides is 1. The highest BCUT2D eigenvalue weighted by Crippen LogP contribution is 2.32. The first-order chi connectivity index (χ1) is 10.0. The number of nitrogens with one attached hydrogen (secondary N) is 1. The molecule has 4 heteroatoms. The van der Waals surface area contributed by atoms with Crippen LogP contribution in [0.3, 0.4) is 0 Å². The van der Waals surface area contributed by atoms with Gasteiger partial charge in [-0.3, -0.25) is 9.59 Å². The number of ketones is 1. The van der Waals surface area contributed by atoms with Gasteiger partial charge in [0.1, 0.15) is 0 Å². The van der Waals surface area contributed by atoms with E-state index in [-0.39, 0.29) is 11.7 Å². The molecule has 0 spiro atoms. The Morgan fingerprint density at radius 3 is 2.33 bits per heavy atom. The fraction of sp³-hybridized carbons (Fsp3) is 0.176. The summed E-state index contributed by atoms with van der Waals surface area (Å²) >= 11 is 0. The van der Waals surface area contributed by atoms with Crippen molar-refractivity contribution in [3.63, 3.8) is 0 Å². The van der Waals surface area contributed by atoms with Crippen molar-refractivity contribution in [1.82, 2.24) is 0 Å². The first-order valence-corrected chi connectivity index (χ1v) is 6.59. The molecule has 0 bridgehead atoms. The van der Waals surface area contributed by atoms with Gasteiger partial charge in [-0.1, -0.05) is 30.3 Å². The molecule has 0 saturated heterocycles. The highest BCUT2D eigenvalue weighted by molar-refractivity contribution is 6.12. The second kappa shape index (κ2) is 6.22. The van der Waals surface area contributed by atoms with Crippen LogP contribution >= 0.6 is 0 Å². The molecular weight excluding hydrogens is 266 g/mol. The summed E-state index contributed by atoms with van der Waals surface area (Å²) in [7, 11) is 1.48. The summed E-state index contributed by atoms with van der Waals surface area (Å²) in [5.41, 5.74) is 2.39. The van der Waals surface area contributed by atoms with E-state index in [0.29, 0.717) is 22.6 Å². The smallest absolute Gasteiger partial charge is 0.221 e. The van der Waals surface area contributed by atoms with Gasteiger partial charge in [0.15, 0.2) is 11.5 Å². The molecule has 0 atom stereocenters. The summed E-state index contributed by atoms with van der Waals surface area (Å²) in [5.74, 6) is 0.0319. The van der Waals surface area contributed by atoms with Gasteiger partial charge < -0.3 is 10.1 Å². The van der Waals surface area contributed by atoms with Crippen LogP contribution in [0.4, 0.5) is 5.69 Å². The number of hydrogen-bond donors (Lipinski definition) is 1. The van der Waals surface area contributed by atoms with Crippen molar-refractivity contribution >= 4 is 17.4 Å². The van der Waals surface area contributed by atoms with E-state index in [4.69, 9.17) is 4.74 Å². The van der Waals surface area contributed by atoms with E-state index in [0.717, 1.165) is 5.56 Å². The molecule has 0 aromatic heterocycles. The van der Waals surface area contributed by atoms with Crippen molar-refractivity contribution in [2.24, 2.45) is 0 Å². The summed E-state index contributed by atoms with van der Waals surface area (Å²) in [4.78, 5) is 23.9. The van der Waals surface area contributed by atoms with Crippen LogP contribution in [0.15, 0.2) is 42.5 Å². The normalized spacial score (nSPS) is 10.0. The zero-order chi connectivity index (χ0) is 15.4. The molecule has 1 amide bonds. The van der Waals surface area contributed by atoms with Crippen LogP contribution in [-0.2, 0) is 4.79 Å². The van der Waals surface area contributed by atoms with Crippen LogP contribution in [0, 0.1) is 6.92 Å². The van der Waals surface area contributed by atoms with Gasteiger partial charge in [0.2, 0.25) is 5.91 Å². The third-order valence-electron chi connectivity index (χ3n) is 3.03.